The van der Waals surface area contributed by atoms with Crippen molar-refractivity contribution in [2.45, 2.75) is 44.1 Å². The van der Waals surface area contributed by atoms with E-state index >= 15 is 0 Å². The highest BCUT2D eigenvalue weighted by Crippen LogP contribution is 2.37. The lowest BCUT2D eigenvalue weighted by atomic mass is 9.71. The summed E-state index contributed by atoms with van der Waals surface area (Å²) in [7, 11) is -3.01. The van der Waals surface area contributed by atoms with E-state index in [0.29, 0.717) is 44.3 Å². The maximum absolute atomic E-state index is 13.8. The van der Waals surface area contributed by atoms with Crippen molar-refractivity contribution in [2.75, 3.05) is 24.6 Å². The number of nitrogens with zero attached hydrogens (tertiary/aromatic N) is 1. The fourth-order valence-electron chi connectivity index (χ4n) is 5.82. The number of piperidine rings is 1. The van der Waals surface area contributed by atoms with Crippen molar-refractivity contribution in [1.82, 2.24) is 10.2 Å². The zero-order valence-electron chi connectivity index (χ0n) is 23.2. The molecule has 2 amide bonds. The molecule has 0 aromatic heterocycles. The Hall–Kier alpha value is -3.78. The number of carbonyl (C=O) groups excluding carboxylic acids is 2. The van der Waals surface area contributed by atoms with Gasteiger partial charge >= 0.3 is 0 Å². The summed E-state index contributed by atoms with van der Waals surface area (Å²) < 4.78 is 37.3. The van der Waals surface area contributed by atoms with Gasteiger partial charge in [0.15, 0.2) is 9.84 Å². The van der Waals surface area contributed by atoms with E-state index in [-0.39, 0.29) is 35.2 Å². The molecule has 2 aliphatic rings. The zero-order valence-corrected chi connectivity index (χ0v) is 24.0. The van der Waals surface area contributed by atoms with E-state index in [1.165, 1.54) is 12.1 Å². The maximum atomic E-state index is 13.8. The molecule has 0 saturated carbocycles. The first-order valence-corrected chi connectivity index (χ1v) is 15.9. The van der Waals surface area contributed by atoms with E-state index in [0.717, 1.165) is 22.3 Å². The smallest absolute Gasteiger partial charge is 0.253 e. The van der Waals surface area contributed by atoms with Gasteiger partial charge in [0.1, 0.15) is 5.82 Å². The van der Waals surface area contributed by atoms with Crippen molar-refractivity contribution in [3.63, 3.8) is 0 Å². The Morgan fingerprint density at radius 2 is 1.56 bits per heavy atom. The van der Waals surface area contributed by atoms with Gasteiger partial charge in [-0.15, -0.1) is 0 Å². The molecule has 3 aromatic rings. The summed E-state index contributed by atoms with van der Waals surface area (Å²) in [6.07, 6.45) is 3.92. The number of hydrogen-bond donors (Lipinski definition) is 1. The van der Waals surface area contributed by atoms with Gasteiger partial charge in [-0.1, -0.05) is 60.7 Å². The Labute approximate surface area is 241 Å². The van der Waals surface area contributed by atoms with Crippen LogP contribution in [-0.2, 0) is 20.0 Å². The average molecular weight is 575 g/mol. The van der Waals surface area contributed by atoms with Crippen LogP contribution in [0, 0.1) is 5.82 Å². The first kappa shape index (κ1) is 28.7. The second-order valence-corrected chi connectivity index (χ2v) is 13.3. The lowest BCUT2D eigenvalue weighted by Gasteiger charge is -2.41. The lowest BCUT2D eigenvalue weighted by Crippen LogP contribution is -2.53. The van der Waals surface area contributed by atoms with Crippen LogP contribution in [0.5, 0.6) is 0 Å². The minimum atomic E-state index is -3.01. The summed E-state index contributed by atoms with van der Waals surface area (Å²) in [4.78, 5) is 29.1. The first-order chi connectivity index (χ1) is 19.7. The SMILES string of the molecule is C[C@H](NC(=O)C1(c2ccccc2)CCN(C(=O)c2ccc(C3=CCCS(=O)(=O)CC3)cc2)CC1)c1ccc(F)cc1. The zero-order chi connectivity index (χ0) is 29.0. The van der Waals surface area contributed by atoms with E-state index in [4.69, 9.17) is 0 Å². The van der Waals surface area contributed by atoms with Gasteiger partial charge in [-0.05, 0) is 79.1 Å². The normalized spacial score (nSPS) is 19.0. The van der Waals surface area contributed by atoms with E-state index in [1.54, 1.807) is 29.2 Å². The highest BCUT2D eigenvalue weighted by atomic mass is 32.2. The van der Waals surface area contributed by atoms with E-state index in [2.05, 4.69) is 5.32 Å². The number of sulfone groups is 1. The topological polar surface area (TPSA) is 83.6 Å². The molecule has 6 nitrogen and oxygen atoms in total. The molecular formula is C33H35FN2O4S. The summed E-state index contributed by atoms with van der Waals surface area (Å²) in [6.45, 7) is 2.74. The molecule has 0 radical (unpaired) electrons. The first-order valence-electron chi connectivity index (χ1n) is 14.1. The minimum absolute atomic E-state index is 0.0873. The van der Waals surface area contributed by atoms with Gasteiger partial charge in [0, 0.05) is 18.7 Å². The largest absolute Gasteiger partial charge is 0.349 e. The van der Waals surface area contributed by atoms with Crippen molar-refractivity contribution >= 4 is 27.2 Å². The second kappa shape index (κ2) is 12.0. The quantitative estimate of drug-likeness (QED) is 0.423. The Kier molecular flexibility index (Phi) is 8.40. The molecule has 41 heavy (non-hydrogen) atoms. The number of amides is 2. The molecular weight excluding hydrogens is 539 g/mol. The number of benzene rings is 3. The number of likely N-dealkylation sites (tertiary alicyclic amines) is 1. The molecule has 5 rings (SSSR count). The van der Waals surface area contributed by atoms with Gasteiger partial charge in [-0.2, -0.15) is 0 Å². The number of rotatable bonds is 6. The van der Waals surface area contributed by atoms with Crippen LogP contribution in [0.15, 0.2) is 84.9 Å². The number of halogens is 1. The van der Waals surface area contributed by atoms with E-state index in [1.807, 2.05) is 55.5 Å². The van der Waals surface area contributed by atoms with Crippen LogP contribution in [0.2, 0.25) is 0 Å². The highest BCUT2D eigenvalue weighted by molar-refractivity contribution is 7.91. The Morgan fingerprint density at radius 3 is 2.22 bits per heavy atom. The van der Waals surface area contributed by atoms with Crippen LogP contribution < -0.4 is 5.32 Å². The third-order valence-corrected chi connectivity index (χ3v) is 10.1. The van der Waals surface area contributed by atoms with Crippen molar-refractivity contribution in [3.05, 3.63) is 113 Å². The summed E-state index contributed by atoms with van der Waals surface area (Å²) in [5, 5.41) is 3.14. The molecule has 0 spiro atoms. The monoisotopic (exact) mass is 574 g/mol. The predicted octanol–water partition coefficient (Wildman–Crippen LogP) is 5.47. The van der Waals surface area contributed by atoms with Crippen molar-refractivity contribution in [2.24, 2.45) is 0 Å². The van der Waals surface area contributed by atoms with Gasteiger partial charge < -0.3 is 10.2 Å². The van der Waals surface area contributed by atoms with Crippen LogP contribution in [0.4, 0.5) is 4.39 Å². The Balaban J connectivity index is 1.28. The van der Waals surface area contributed by atoms with Crippen LogP contribution in [-0.4, -0.2) is 49.7 Å². The third-order valence-electron chi connectivity index (χ3n) is 8.39. The predicted molar refractivity (Wildman–Crippen MR) is 159 cm³/mol. The van der Waals surface area contributed by atoms with Gasteiger partial charge in [-0.25, -0.2) is 12.8 Å². The standard InChI is InChI=1S/C33H35FN2O4S/c1-24(25-13-15-30(34)16-14-25)35-32(38)33(29-7-3-2-4-8-29)18-20-36(21-19-33)31(37)28-11-9-27(10-12-28)26-6-5-22-41(39,40)23-17-26/h2-4,6-16,24H,5,17-23H2,1H3,(H,35,38)/t24-/m0/s1. The molecule has 1 N–H and O–H groups in total. The summed E-state index contributed by atoms with van der Waals surface area (Å²) in [6, 6.07) is 22.9. The van der Waals surface area contributed by atoms with E-state index < -0.39 is 15.3 Å². The van der Waals surface area contributed by atoms with Crippen LogP contribution in [0.1, 0.15) is 65.7 Å². The van der Waals surface area contributed by atoms with Crippen molar-refractivity contribution in [3.8, 4) is 0 Å². The maximum Gasteiger partial charge on any atom is 0.253 e. The molecule has 3 aromatic carbocycles. The Morgan fingerprint density at radius 1 is 0.902 bits per heavy atom. The fraction of sp³-hybridized carbons (Fsp3) is 0.333. The van der Waals surface area contributed by atoms with E-state index in [9.17, 15) is 22.4 Å². The molecule has 214 valence electrons. The highest BCUT2D eigenvalue weighted by Gasteiger charge is 2.44. The molecule has 2 heterocycles. The molecule has 8 heteroatoms. The van der Waals surface area contributed by atoms with Gasteiger partial charge in [0.25, 0.3) is 5.91 Å². The van der Waals surface area contributed by atoms with Crippen molar-refractivity contribution < 1.29 is 22.4 Å². The minimum Gasteiger partial charge on any atom is -0.349 e. The van der Waals surface area contributed by atoms with Gasteiger partial charge in [-0.3, -0.25) is 9.59 Å². The van der Waals surface area contributed by atoms with Crippen molar-refractivity contribution in [1.29, 1.82) is 0 Å². The average Bonchev–Trinajstić information content (AvgIpc) is 3.18. The van der Waals surface area contributed by atoms with Crippen LogP contribution >= 0.6 is 0 Å². The van der Waals surface area contributed by atoms with Gasteiger partial charge in [0.05, 0.1) is 23.0 Å². The van der Waals surface area contributed by atoms with Gasteiger partial charge in [0.2, 0.25) is 5.91 Å². The molecule has 2 aliphatic heterocycles. The molecule has 1 saturated heterocycles. The van der Waals surface area contributed by atoms with Crippen LogP contribution in [0.3, 0.4) is 0 Å². The summed E-state index contributed by atoms with van der Waals surface area (Å²) >= 11 is 0. The number of hydrogen-bond acceptors (Lipinski definition) is 4. The lowest BCUT2D eigenvalue weighted by molar-refractivity contribution is -0.129. The molecule has 1 atom stereocenters. The Bertz CT molecular complexity index is 1530. The number of carbonyl (C=O) groups is 2. The number of nitrogens with one attached hydrogen (secondary N) is 1. The summed E-state index contributed by atoms with van der Waals surface area (Å²) in [5.41, 5.74) is 3.45. The second-order valence-electron chi connectivity index (χ2n) is 11.0. The summed E-state index contributed by atoms with van der Waals surface area (Å²) in [5.74, 6) is -0.189. The molecule has 1 fully saturated rings. The molecule has 0 aliphatic carbocycles. The number of allylic oxidation sites excluding steroid dienone is 2. The molecule has 0 unspecified atom stereocenters. The fourth-order valence-corrected chi connectivity index (χ4v) is 7.03. The molecule has 0 bridgehead atoms. The van der Waals surface area contributed by atoms with Crippen LogP contribution in [0.25, 0.3) is 5.57 Å². The third kappa shape index (κ3) is 6.43.